The first-order chi connectivity index (χ1) is 11.8. The summed E-state index contributed by atoms with van der Waals surface area (Å²) in [6.45, 7) is 10.3. The highest BCUT2D eigenvalue weighted by atomic mass is 35.5. The quantitative estimate of drug-likeness (QED) is 0.189. The van der Waals surface area contributed by atoms with Gasteiger partial charge in [-0.3, -0.25) is 0 Å². The maximum absolute atomic E-state index is 5.46. The van der Waals surface area contributed by atoms with Crippen LogP contribution in [0.5, 0.6) is 0 Å². The first-order valence-electron chi connectivity index (χ1n) is 11.2. The van der Waals surface area contributed by atoms with Crippen molar-refractivity contribution in [3.63, 3.8) is 0 Å². The lowest BCUT2D eigenvalue weighted by molar-refractivity contribution is 0.179. The third kappa shape index (κ3) is 14.0. The number of unbranched alkanes of at least 4 members (excludes halogenated alkanes) is 11. The number of nitrogens with zero attached hydrogens (tertiary/aromatic N) is 1. The van der Waals surface area contributed by atoms with Crippen LogP contribution in [-0.4, -0.2) is 36.7 Å². The molecule has 1 rings (SSSR count). The standard InChI is InChI=1S/C22H45NO.ClH/c1-4-7-8-9-10-11-12-13-14-15-16-17-18-21(19-22-20-24-22)23(5-2)6-3;/h21-22H,4-20H2,1-3H3;1H. The highest BCUT2D eigenvalue weighted by molar-refractivity contribution is 5.85. The monoisotopic (exact) mass is 375 g/mol. The lowest BCUT2D eigenvalue weighted by Gasteiger charge is -2.29. The van der Waals surface area contributed by atoms with Crippen LogP contribution in [0.3, 0.4) is 0 Å². The van der Waals surface area contributed by atoms with E-state index >= 15 is 0 Å². The average Bonchev–Trinajstić information content (AvgIpc) is 3.40. The van der Waals surface area contributed by atoms with Crippen LogP contribution in [0.1, 0.15) is 111 Å². The number of halogens is 1. The van der Waals surface area contributed by atoms with E-state index in [9.17, 15) is 0 Å². The summed E-state index contributed by atoms with van der Waals surface area (Å²) in [7, 11) is 0. The van der Waals surface area contributed by atoms with Gasteiger partial charge in [-0.1, -0.05) is 97.8 Å². The summed E-state index contributed by atoms with van der Waals surface area (Å²) in [6, 6.07) is 0.760. The first-order valence-corrected chi connectivity index (χ1v) is 11.2. The Morgan fingerprint density at radius 3 is 1.60 bits per heavy atom. The fraction of sp³-hybridized carbons (Fsp3) is 1.00. The van der Waals surface area contributed by atoms with Crippen LogP contribution in [0.2, 0.25) is 0 Å². The van der Waals surface area contributed by atoms with Crippen LogP contribution in [0.25, 0.3) is 0 Å². The minimum Gasteiger partial charge on any atom is -0.373 e. The van der Waals surface area contributed by atoms with Crippen molar-refractivity contribution in [1.29, 1.82) is 0 Å². The van der Waals surface area contributed by atoms with E-state index in [4.69, 9.17) is 4.74 Å². The van der Waals surface area contributed by atoms with E-state index in [2.05, 4.69) is 25.7 Å². The molecular formula is C22H46ClNO. The SMILES string of the molecule is CCCCCCCCCCCCCCC(CC1CO1)N(CC)CC.Cl. The van der Waals surface area contributed by atoms with Crippen LogP contribution in [-0.2, 0) is 4.74 Å². The van der Waals surface area contributed by atoms with Crippen molar-refractivity contribution in [1.82, 2.24) is 4.90 Å². The molecule has 2 nitrogen and oxygen atoms in total. The molecule has 152 valence electrons. The maximum Gasteiger partial charge on any atom is 0.0824 e. The zero-order valence-electron chi connectivity index (χ0n) is 17.4. The zero-order chi connectivity index (χ0) is 17.5. The summed E-state index contributed by atoms with van der Waals surface area (Å²) in [6.07, 6.45) is 20.5. The molecular weight excluding hydrogens is 330 g/mol. The summed E-state index contributed by atoms with van der Waals surface area (Å²) >= 11 is 0. The van der Waals surface area contributed by atoms with E-state index in [0.29, 0.717) is 6.10 Å². The van der Waals surface area contributed by atoms with Gasteiger partial charge in [0.25, 0.3) is 0 Å². The fourth-order valence-corrected chi connectivity index (χ4v) is 3.92. The third-order valence-electron chi connectivity index (χ3n) is 5.66. The van der Waals surface area contributed by atoms with Gasteiger partial charge in [-0.2, -0.15) is 0 Å². The van der Waals surface area contributed by atoms with Gasteiger partial charge in [-0.05, 0) is 25.9 Å². The number of hydrogen-bond acceptors (Lipinski definition) is 2. The Balaban J connectivity index is 0.00000576. The molecule has 3 heteroatoms. The second-order valence-electron chi connectivity index (χ2n) is 7.74. The Hall–Kier alpha value is 0.210. The minimum absolute atomic E-state index is 0. The summed E-state index contributed by atoms with van der Waals surface area (Å²) in [5.74, 6) is 0. The fourth-order valence-electron chi connectivity index (χ4n) is 3.92. The van der Waals surface area contributed by atoms with Gasteiger partial charge < -0.3 is 9.64 Å². The Morgan fingerprint density at radius 2 is 1.20 bits per heavy atom. The van der Waals surface area contributed by atoms with Gasteiger partial charge in [0.15, 0.2) is 0 Å². The Bertz CT molecular complexity index is 267. The summed E-state index contributed by atoms with van der Waals surface area (Å²) < 4.78 is 5.46. The average molecular weight is 376 g/mol. The zero-order valence-corrected chi connectivity index (χ0v) is 18.3. The van der Waals surface area contributed by atoms with Crippen molar-refractivity contribution >= 4 is 12.4 Å². The normalized spacial score (nSPS) is 17.5. The molecule has 1 aliphatic rings. The van der Waals surface area contributed by atoms with Gasteiger partial charge in [0.2, 0.25) is 0 Å². The van der Waals surface area contributed by atoms with Gasteiger partial charge >= 0.3 is 0 Å². The van der Waals surface area contributed by atoms with Gasteiger partial charge in [-0.15, -0.1) is 12.4 Å². The topological polar surface area (TPSA) is 15.8 Å². The number of epoxide rings is 1. The molecule has 1 saturated heterocycles. The van der Waals surface area contributed by atoms with Crippen molar-refractivity contribution in [2.24, 2.45) is 0 Å². The molecule has 0 saturated carbocycles. The van der Waals surface area contributed by atoms with Crippen LogP contribution in [0.4, 0.5) is 0 Å². The van der Waals surface area contributed by atoms with Crippen LogP contribution in [0.15, 0.2) is 0 Å². The molecule has 0 amide bonds. The molecule has 25 heavy (non-hydrogen) atoms. The van der Waals surface area contributed by atoms with Crippen molar-refractivity contribution in [3.05, 3.63) is 0 Å². The van der Waals surface area contributed by atoms with Gasteiger partial charge in [0, 0.05) is 6.04 Å². The summed E-state index contributed by atoms with van der Waals surface area (Å²) in [5.41, 5.74) is 0. The first kappa shape index (κ1) is 25.2. The van der Waals surface area contributed by atoms with E-state index in [0.717, 1.165) is 12.6 Å². The molecule has 0 N–H and O–H groups in total. The Labute approximate surface area is 164 Å². The molecule has 0 aromatic carbocycles. The molecule has 0 bridgehead atoms. The van der Waals surface area contributed by atoms with E-state index in [1.165, 1.54) is 103 Å². The minimum atomic E-state index is 0. The smallest absolute Gasteiger partial charge is 0.0824 e. The second-order valence-corrected chi connectivity index (χ2v) is 7.74. The highest BCUT2D eigenvalue weighted by Gasteiger charge is 2.28. The predicted octanol–water partition coefficient (Wildman–Crippen LogP) is 7.00. The molecule has 0 spiro atoms. The van der Waals surface area contributed by atoms with E-state index < -0.39 is 0 Å². The lowest BCUT2D eigenvalue weighted by atomic mass is 10.0. The van der Waals surface area contributed by atoms with E-state index in [1.807, 2.05) is 0 Å². The van der Waals surface area contributed by atoms with Crippen molar-refractivity contribution in [3.8, 4) is 0 Å². The predicted molar refractivity (Wildman–Crippen MR) is 114 cm³/mol. The van der Waals surface area contributed by atoms with Crippen LogP contribution in [0, 0.1) is 0 Å². The van der Waals surface area contributed by atoms with Crippen LogP contribution < -0.4 is 0 Å². The van der Waals surface area contributed by atoms with Crippen LogP contribution >= 0.6 is 12.4 Å². The Morgan fingerprint density at radius 1 is 0.760 bits per heavy atom. The van der Waals surface area contributed by atoms with Gasteiger partial charge in [-0.25, -0.2) is 0 Å². The maximum atomic E-state index is 5.46. The molecule has 0 aromatic rings. The molecule has 0 radical (unpaired) electrons. The third-order valence-corrected chi connectivity index (χ3v) is 5.66. The highest BCUT2D eigenvalue weighted by Crippen LogP contribution is 2.23. The molecule has 1 fully saturated rings. The van der Waals surface area contributed by atoms with Crippen molar-refractivity contribution < 1.29 is 4.74 Å². The van der Waals surface area contributed by atoms with Gasteiger partial charge in [0.05, 0.1) is 12.7 Å². The Kier molecular flexibility index (Phi) is 17.8. The molecule has 0 aromatic heterocycles. The molecule has 0 aliphatic carbocycles. The summed E-state index contributed by atoms with van der Waals surface area (Å²) in [5, 5.41) is 0. The molecule has 2 unspecified atom stereocenters. The largest absolute Gasteiger partial charge is 0.373 e. The van der Waals surface area contributed by atoms with E-state index in [-0.39, 0.29) is 12.4 Å². The summed E-state index contributed by atoms with van der Waals surface area (Å²) in [4.78, 5) is 2.64. The lowest BCUT2D eigenvalue weighted by Crippen LogP contribution is -2.36. The number of hydrogen-bond donors (Lipinski definition) is 0. The number of rotatable bonds is 18. The number of ether oxygens (including phenoxy) is 1. The molecule has 2 atom stereocenters. The van der Waals surface area contributed by atoms with Gasteiger partial charge in [0.1, 0.15) is 0 Å². The van der Waals surface area contributed by atoms with Crippen molar-refractivity contribution in [2.75, 3.05) is 19.7 Å². The molecule has 1 heterocycles. The van der Waals surface area contributed by atoms with Crippen molar-refractivity contribution in [2.45, 2.75) is 123 Å². The second kappa shape index (κ2) is 17.6. The molecule has 1 aliphatic heterocycles. The van der Waals surface area contributed by atoms with E-state index in [1.54, 1.807) is 0 Å².